The van der Waals surface area contributed by atoms with Gasteiger partial charge in [-0.3, -0.25) is 14.6 Å². The van der Waals surface area contributed by atoms with Crippen molar-refractivity contribution < 1.29 is 9.21 Å². The number of amides is 1. The predicted molar refractivity (Wildman–Crippen MR) is 108 cm³/mol. The van der Waals surface area contributed by atoms with Crippen LogP contribution in [0.5, 0.6) is 0 Å². The number of likely N-dealkylation sites (tertiary alicyclic amines) is 1. The van der Waals surface area contributed by atoms with Crippen LogP contribution in [0.25, 0.3) is 11.0 Å². The number of fused-ring (bicyclic) bond motifs is 1. The molecule has 1 atom stereocenters. The normalized spacial score (nSPS) is 23.3. The number of rotatable bonds is 3. The zero-order valence-electron chi connectivity index (χ0n) is 16.4. The third kappa shape index (κ3) is 4.36. The lowest BCUT2D eigenvalue weighted by atomic mass is 10.1. The average Bonchev–Trinajstić information content (AvgIpc) is 2.81. The van der Waals surface area contributed by atoms with Gasteiger partial charge in [0.25, 0.3) is 0 Å². The van der Waals surface area contributed by atoms with Gasteiger partial charge in [-0.05, 0) is 45.0 Å². The molecule has 1 unspecified atom stereocenters. The van der Waals surface area contributed by atoms with E-state index in [-0.39, 0.29) is 6.04 Å². The smallest absolute Gasteiger partial charge is 0.239 e. The highest BCUT2D eigenvalue weighted by Crippen LogP contribution is 2.21. The summed E-state index contributed by atoms with van der Waals surface area (Å²) in [5, 5.41) is 1.16. The van der Waals surface area contributed by atoms with Crippen LogP contribution >= 0.6 is 0 Å². The van der Waals surface area contributed by atoms with Crippen molar-refractivity contribution in [2.75, 3.05) is 39.8 Å². The van der Waals surface area contributed by atoms with E-state index in [0.29, 0.717) is 5.91 Å². The van der Waals surface area contributed by atoms with Gasteiger partial charge in [0.15, 0.2) is 0 Å². The zero-order chi connectivity index (χ0) is 18.6. The molecule has 2 fully saturated rings. The largest absolute Gasteiger partial charge is 0.460 e. The van der Waals surface area contributed by atoms with Crippen molar-refractivity contribution in [3.8, 4) is 0 Å². The summed E-state index contributed by atoms with van der Waals surface area (Å²) >= 11 is 0. The fraction of sp³-hybridized carbons (Fsp3) is 0.591. The standard InChI is InChI=1S/C22H31N3O2/c1-23-11-6-2-3-9-20(23)22(26)25-13-7-12-24(14-15-25)17-19-16-18-8-4-5-10-21(18)27-19/h4-5,8,10,16,20H,2-3,6-7,9,11-15,17H2,1H3. The van der Waals surface area contributed by atoms with Crippen LogP contribution in [0.3, 0.4) is 0 Å². The summed E-state index contributed by atoms with van der Waals surface area (Å²) in [5.74, 6) is 1.35. The molecule has 1 aromatic carbocycles. The molecule has 2 saturated heterocycles. The molecule has 5 heteroatoms. The zero-order valence-corrected chi connectivity index (χ0v) is 16.4. The second kappa shape index (κ2) is 8.44. The highest BCUT2D eigenvalue weighted by molar-refractivity contribution is 5.82. The van der Waals surface area contributed by atoms with Gasteiger partial charge >= 0.3 is 0 Å². The first-order chi connectivity index (χ1) is 13.2. The minimum Gasteiger partial charge on any atom is -0.460 e. The number of carbonyl (C=O) groups is 1. The number of furan rings is 1. The number of hydrogen-bond acceptors (Lipinski definition) is 4. The lowest BCUT2D eigenvalue weighted by Gasteiger charge is -2.30. The van der Waals surface area contributed by atoms with E-state index < -0.39 is 0 Å². The molecule has 4 rings (SSSR count). The van der Waals surface area contributed by atoms with Crippen molar-refractivity contribution >= 4 is 16.9 Å². The van der Waals surface area contributed by atoms with Gasteiger partial charge in [0.05, 0.1) is 12.6 Å². The molecule has 2 aromatic rings. The van der Waals surface area contributed by atoms with E-state index in [4.69, 9.17) is 4.42 Å². The molecular formula is C22H31N3O2. The second-order valence-electron chi connectivity index (χ2n) is 8.05. The van der Waals surface area contributed by atoms with Crippen LogP contribution in [0.1, 0.15) is 37.9 Å². The summed E-state index contributed by atoms with van der Waals surface area (Å²) in [6, 6.07) is 10.4. The van der Waals surface area contributed by atoms with E-state index in [2.05, 4.69) is 33.9 Å². The number of carbonyl (C=O) groups excluding carboxylic acids is 1. The summed E-state index contributed by atoms with van der Waals surface area (Å²) in [6.45, 7) is 5.49. The maximum atomic E-state index is 13.1. The van der Waals surface area contributed by atoms with E-state index >= 15 is 0 Å². The molecule has 27 heavy (non-hydrogen) atoms. The predicted octanol–water partition coefficient (Wildman–Crippen LogP) is 3.34. The molecule has 1 aromatic heterocycles. The first-order valence-corrected chi connectivity index (χ1v) is 10.4. The molecule has 0 saturated carbocycles. The number of likely N-dealkylation sites (N-methyl/N-ethyl adjacent to an activating group) is 1. The third-order valence-corrected chi connectivity index (χ3v) is 6.06. The topological polar surface area (TPSA) is 39.9 Å². The first kappa shape index (κ1) is 18.5. The third-order valence-electron chi connectivity index (χ3n) is 6.06. The Balaban J connectivity index is 1.36. The van der Waals surface area contributed by atoms with E-state index in [1.807, 2.05) is 18.2 Å². The maximum absolute atomic E-state index is 13.1. The molecule has 3 heterocycles. The van der Waals surface area contributed by atoms with Crippen LogP contribution in [0.4, 0.5) is 0 Å². The first-order valence-electron chi connectivity index (χ1n) is 10.4. The molecule has 1 amide bonds. The molecule has 2 aliphatic heterocycles. The Bertz CT molecular complexity index is 739. The monoisotopic (exact) mass is 369 g/mol. The van der Waals surface area contributed by atoms with Crippen molar-refractivity contribution in [3.63, 3.8) is 0 Å². The van der Waals surface area contributed by atoms with Gasteiger partial charge in [0.1, 0.15) is 11.3 Å². The van der Waals surface area contributed by atoms with Gasteiger partial charge in [0, 0.05) is 31.6 Å². The summed E-state index contributed by atoms with van der Waals surface area (Å²) in [6.07, 6.45) is 5.68. The Hall–Kier alpha value is -1.85. The Morgan fingerprint density at radius 3 is 2.81 bits per heavy atom. The molecule has 0 radical (unpaired) electrons. The summed E-state index contributed by atoms with van der Waals surface area (Å²) in [4.78, 5) is 19.9. The van der Waals surface area contributed by atoms with Gasteiger partial charge in [0.2, 0.25) is 5.91 Å². The molecule has 0 N–H and O–H groups in total. The molecule has 0 bridgehead atoms. The number of para-hydroxylation sites is 1. The minimum absolute atomic E-state index is 0.0782. The van der Waals surface area contributed by atoms with Crippen molar-refractivity contribution in [1.82, 2.24) is 14.7 Å². The van der Waals surface area contributed by atoms with Crippen molar-refractivity contribution in [1.29, 1.82) is 0 Å². The molecule has 0 aliphatic carbocycles. The number of nitrogens with zero attached hydrogens (tertiary/aromatic N) is 3. The lowest BCUT2D eigenvalue weighted by Crippen LogP contribution is -2.48. The average molecular weight is 370 g/mol. The van der Waals surface area contributed by atoms with Crippen LogP contribution in [0.15, 0.2) is 34.7 Å². The number of hydrogen-bond donors (Lipinski definition) is 0. The van der Waals surface area contributed by atoms with Gasteiger partial charge in [-0.15, -0.1) is 0 Å². The summed E-state index contributed by atoms with van der Waals surface area (Å²) < 4.78 is 5.98. The summed E-state index contributed by atoms with van der Waals surface area (Å²) in [5.41, 5.74) is 0.954. The van der Waals surface area contributed by atoms with Crippen LogP contribution < -0.4 is 0 Å². The van der Waals surface area contributed by atoms with Gasteiger partial charge in [-0.25, -0.2) is 0 Å². The summed E-state index contributed by atoms with van der Waals surface area (Å²) in [7, 11) is 2.11. The van der Waals surface area contributed by atoms with Gasteiger partial charge in [-0.2, -0.15) is 0 Å². The fourth-order valence-corrected chi connectivity index (χ4v) is 4.46. The quantitative estimate of drug-likeness (QED) is 0.832. The van der Waals surface area contributed by atoms with E-state index in [0.717, 1.165) is 68.8 Å². The Morgan fingerprint density at radius 1 is 1.04 bits per heavy atom. The van der Waals surface area contributed by atoms with Crippen molar-refractivity contribution in [2.24, 2.45) is 0 Å². The maximum Gasteiger partial charge on any atom is 0.239 e. The van der Waals surface area contributed by atoms with Crippen LogP contribution in [-0.2, 0) is 11.3 Å². The molecule has 5 nitrogen and oxygen atoms in total. The molecule has 2 aliphatic rings. The van der Waals surface area contributed by atoms with Crippen LogP contribution in [-0.4, -0.2) is 66.4 Å². The van der Waals surface area contributed by atoms with Crippen molar-refractivity contribution in [3.05, 3.63) is 36.1 Å². The van der Waals surface area contributed by atoms with Gasteiger partial charge < -0.3 is 9.32 Å². The Morgan fingerprint density at radius 2 is 1.93 bits per heavy atom. The van der Waals surface area contributed by atoms with Gasteiger partial charge in [-0.1, -0.05) is 31.0 Å². The highest BCUT2D eigenvalue weighted by Gasteiger charge is 2.30. The second-order valence-corrected chi connectivity index (χ2v) is 8.05. The van der Waals surface area contributed by atoms with Crippen molar-refractivity contribution in [2.45, 2.75) is 44.7 Å². The Labute approximate surface area is 161 Å². The number of benzene rings is 1. The molecule has 146 valence electrons. The molecule has 0 spiro atoms. The lowest BCUT2D eigenvalue weighted by molar-refractivity contribution is -0.136. The van der Waals surface area contributed by atoms with E-state index in [9.17, 15) is 4.79 Å². The van der Waals surface area contributed by atoms with E-state index in [1.165, 1.54) is 19.3 Å². The Kier molecular flexibility index (Phi) is 5.79. The SMILES string of the molecule is CN1CCCCCC1C(=O)N1CCCN(Cc2cc3ccccc3o2)CC1. The molecular weight excluding hydrogens is 338 g/mol. The fourth-order valence-electron chi connectivity index (χ4n) is 4.46. The van der Waals surface area contributed by atoms with E-state index in [1.54, 1.807) is 0 Å². The van der Waals surface area contributed by atoms with Crippen LogP contribution in [0, 0.1) is 0 Å². The van der Waals surface area contributed by atoms with Crippen LogP contribution in [0.2, 0.25) is 0 Å². The highest BCUT2D eigenvalue weighted by atomic mass is 16.3. The minimum atomic E-state index is 0.0782.